The summed E-state index contributed by atoms with van der Waals surface area (Å²) in [6, 6.07) is 19.1. The molecule has 0 aliphatic carbocycles. The van der Waals surface area contributed by atoms with Crippen LogP contribution in [-0.2, 0) is 13.1 Å². The minimum absolute atomic E-state index is 0.161. The Bertz CT molecular complexity index is 965. The monoisotopic (exact) mass is 406 g/mol. The fourth-order valence-corrected chi connectivity index (χ4v) is 4.33. The number of ether oxygens (including phenoxy) is 3. The molecule has 5 nitrogen and oxygen atoms in total. The zero-order chi connectivity index (χ0) is 20.9. The Morgan fingerprint density at radius 2 is 1.73 bits per heavy atom. The van der Waals surface area contributed by atoms with E-state index < -0.39 is 0 Å². The van der Waals surface area contributed by atoms with E-state index in [1.807, 2.05) is 19.1 Å². The molecule has 158 valence electrons. The quantitative estimate of drug-likeness (QED) is 0.559. The van der Waals surface area contributed by atoms with Crippen molar-refractivity contribution in [3.8, 4) is 17.2 Å². The smallest absolute Gasteiger partial charge is 0.123 e. The highest BCUT2D eigenvalue weighted by molar-refractivity contribution is 5.41. The van der Waals surface area contributed by atoms with Crippen LogP contribution >= 0.6 is 0 Å². The summed E-state index contributed by atoms with van der Waals surface area (Å²) >= 11 is 0. The lowest BCUT2D eigenvalue weighted by atomic mass is 10.0. The third-order valence-electron chi connectivity index (χ3n) is 5.72. The van der Waals surface area contributed by atoms with Gasteiger partial charge in [0, 0.05) is 37.1 Å². The molecule has 2 heterocycles. The van der Waals surface area contributed by atoms with E-state index in [2.05, 4.69) is 58.1 Å². The maximum atomic E-state index is 5.66. The van der Waals surface area contributed by atoms with Gasteiger partial charge in [-0.3, -0.25) is 4.90 Å². The van der Waals surface area contributed by atoms with Crippen LogP contribution in [0.25, 0.3) is 0 Å². The number of hydrogen-bond donors (Lipinski definition) is 0. The van der Waals surface area contributed by atoms with Gasteiger partial charge in [-0.25, -0.2) is 0 Å². The molecule has 1 atom stereocenters. The van der Waals surface area contributed by atoms with Crippen LogP contribution in [0.4, 0.5) is 0 Å². The summed E-state index contributed by atoms with van der Waals surface area (Å²) in [5.74, 6) is 2.65. The molecule has 4 rings (SSSR count). The molecule has 0 bridgehead atoms. The summed E-state index contributed by atoms with van der Waals surface area (Å²) in [6.07, 6.45) is 3.29. The molecule has 0 amide bonds. The molecule has 1 aliphatic heterocycles. The van der Waals surface area contributed by atoms with Gasteiger partial charge in [-0.05, 0) is 61.4 Å². The van der Waals surface area contributed by atoms with Crippen LogP contribution in [0, 0.1) is 0 Å². The third-order valence-corrected chi connectivity index (χ3v) is 5.72. The van der Waals surface area contributed by atoms with Crippen molar-refractivity contribution >= 4 is 0 Å². The number of aromatic nitrogens is 1. The third kappa shape index (κ3) is 4.17. The molecule has 3 aromatic rings. The summed E-state index contributed by atoms with van der Waals surface area (Å²) < 4.78 is 19.2. The molecule has 1 unspecified atom stereocenters. The first kappa shape index (κ1) is 20.4. The van der Waals surface area contributed by atoms with Crippen LogP contribution in [0.2, 0.25) is 0 Å². The SMILES string of the molecule is CCOc1ccc(C2c3cccn3CCCN2Cc2cc(OC)ccc2OC)cc1. The number of hydrogen-bond acceptors (Lipinski definition) is 4. The molecule has 0 saturated carbocycles. The summed E-state index contributed by atoms with van der Waals surface area (Å²) in [7, 11) is 3.43. The van der Waals surface area contributed by atoms with Gasteiger partial charge in [0.15, 0.2) is 0 Å². The molecule has 1 aliphatic rings. The fraction of sp³-hybridized carbons (Fsp3) is 0.360. The van der Waals surface area contributed by atoms with Gasteiger partial charge in [0.2, 0.25) is 0 Å². The molecule has 1 aromatic heterocycles. The highest BCUT2D eigenvalue weighted by Crippen LogP contribution is 2.35. The van der Waals surface area contributed by atoms with Gasteiger partial charge in [0.1, 0.15) is 17.2 Å². The van der Waals surface area contributed by atoms with E-state index >= 15 is 0 Å². The van der Waals surface area contributed by atoms with Crippen LogP contribution in [0.3, 0.4) is 0 Å². The van der Waals surface area contributed by atoms with Crippen LogP contribution in [-0.4, -0.2) is 36.8 Å². The minimum Gasteiger partial charge on any atom is -0.497 e. The van der Waals surface area contributed by atoms with Crippen molar-refractivity contribution < 1.29 is 14.2 Å². The molecular weight excluding hydrogens is 376 g/mol. The van der Waals surface area contributed by atoms with Gasteiger partial charge >= 0.3 is 0 Å². The average Bonchev–Trinajstić information content (AvgIpc) is 3.16. The zero-order valence-corrected chi connectivity index (χ0v) is 18.0. The van der Waals surface area contributed by atoms with Crippen molar-refractivity contribution in [3.05, 3.63) is 77.6 Å². The Labute approximate surface area is 178 Å². The number of nitrogens with zero attached hydrogens (tertiary/aromatic N) is 2. The molecule has 0 saturated heterocycles. The lowest BCUT2D eigenvalue weighted by Gasteiger charge is -2.31. The van der Waals surface area contributed by atoms with E-state index in [4.69, 9.17) is 14.2 Å². The molecule has 5 heteroatoms. The molecule has 0 fully saturated rings. The summed E-state index contributed by atoms with van der Waals surface area (Å²) in [4.78, 5) is 2.53. The maximum absolute atomic E-state index is 5.66. The fourth-order valence-electron chi connectivity index (χ4n) is 4.33. The summed E-state index contributed by atoms with van der Waals surface area (Å²) in [5.41, 5.74) is 3.72. The van der Waals surface area contributed by atoms with Gasteiger partial charge in [0.25, 0.3) is 0 Å². The summed E-state index contributed by atoms with van der Waals surface area (Å²) in [6.45, 7) is 5.49. The van der Waals surface area contributed by atoms with Crippen molar-refractivity contribution in [2.75, 3.05) is 27.4 Å². The van der Waals surface area contributed by atoms with E-state index in [-0.39, 0.29) is 6.04 Å². The Hall–Kier alpha value is -2.92. The van der Waals surface area contributed by atoms with Crippen molar-refractivity contribution in [3.63, 3.8) is 0 Å². The van der Waals surface area contributed by atoms with Gasteiger partial charge in [-0.15, -0.1) is 0 Å². The zero-order valence-electron chi connectivity index (χ0n) is 18.0. The highest BCUT2D eigenvalue weighted by atomic mass is 16.5. The van der Waals surface area contributed by atoms with Gasteiger partial charge < -0.3 is 18.8 Å². The lowest BCUT2D eigenvalue weighted by molar-refractivity contribution is 0.217. The van der Waals surface area contributed by atoms with Crippen LogP contribution in [0.5, 0.6) is 17.2 Å². The normalized spacial score (nSPS) is 16.6. The van der Waals surface area contributed by atoms with Crippen molar-refractivity contribution in [2.24, 2.45) is 0 Å². The van der Waals surface area contributed by atoms with E-state index in [0.29, 0.717) is 6.61 Å². The standard InChI is InChI=1S/C25H30N2O3/c1-4-30-21-10-8-19(9-11-21)25-23-7-5-14-26(23)15-6-16-27(25)18-20-17-22(28-2)12-13-24(20)29-3/h5,7-14,17,25H,4,6,15-16,18H2,1-3H3. The van der Waals surface area contributed by atoms with E-state index in [9.17, 15) is 0 Å². The van der Waals surface area contributed by atoms with Crippen LogP contribution < -0.4 is 14.2 Å². The van der Waals surface area contributed by atoms with Gasteiger partial charge in [0.05, 0.1) is 26.9 Å². The second kappa shape index (κ2) is 9.26. The van der Waals surface area contributed by atoms with E-state index in [1.54, 1.807) is 14.2 Å². The number of fused-ring (bicyclic) bond motifs is 1. The predicted molar refractivity (Wildman–Crippen MR) is 118 cm³/mol. The molecule has 30 heavy (non-hydrogen) atoms. The molecule has 0 radical (unpaired) electrons. The molecule has 0 spiro atoms. The first-order chi connectivity index (χ1) is 14.7. The van der Waals surface area contributed by atoms with E-state index in [1.165, 1.54) is 11.3 Å². The largest absolute Gasteiger partial charge is 0.497 e. The first-order valence-corrected chi connectivity index (χ1v) is 10.6. The minimum atomic E-state index is 0.161. The molecule has 2 aromatic carbocycles. The maximum Gasteiger partial charge on any atom is 0.123 e. The Morgan fingerprint density at radius 1 is 0.933 bits per heavy atom. The first-order valence-electron chi connectivity index (χ1n) is 10.6. The predicted octanol–water partition coefficient (Wildman–Crippen LogP) is 4.90. The Balaban J connectivity index is 1.72. The number of rotatable bonds is 7. The van der Waals surface area contributed by atoms with Crippen molar-refractivity contribution in [2.45, 2.75) is 32.5 Å². The van der Waals surface area contributed by atoms with Crippen LogP contribution in [0.1, 0.15) is 36.2 Å². The lowest BCUT2D eigenvalue weighted by Crippen LogP contribution is -2.29. The number of methoxy groups -OCH3 is 2. The van der Waals surface area contributed by atoms with Crippen LogP contribution in [0.15, 0.2) is 60.8 Å². The molecular formula is C25H30N2O3. The van der Waals surface area contributed by atoms with E-state index in [0.717, 1.165) is 48.9 Å². The van der Waals surface area contributed by atoms with Gasteiger partial charge in [-0.1, -0.05) is 12.1 Å². The Kier molecular flexibility index (Phi) is 6.29. The van der Waals surface area contributed by atoms with Gasteiger partial charge in [-0.2, -0.15) is 0 Å². The highest BCUT2D eigenvalue weighted by Gasteiger charge is 2.28. The van der Waals surface area contributed by atoms with Crippen molar-refractivity contribution in [1.29, 1.82) is 0 Å². The molecule has 0 N–H and O–H groups in total. The second-order valence-electron chi connectivity index (χ2n) is 7.53. The van der Waals surface area contributed by atoms with Crippen molar-refractivity contribution in [1.82, 2.24) is 9.47 Å². The second-order valence-corrected chi connectivity index (χ2v) is 7.53. The number of benzene rings is 2. The summed E-state index contributed by atoms with van der Waals surface area (Å²) in [5, 5.41) is 0. The average molecular weight is 407 g/mol. The topological polar surface area (TPSA) is 35.9 Å². The number of aryl methyl sites for hydroxylation is 1. The Morgan fingerprint density at radius 3 is 2.47 bits per heavy atom.